The second-order valence-electron chi connectivity index (χ2n) is 5.71. The van der Waals surface area contributed by atoms with Crippen molar-refractivity contribution in [1.29, 1.82) is 0 Å². The van der Waals surface area contributed by atoms with Crippen LogP contribution in [0.15, 0.2) is 67.2 Å². The number of fused-ring (bicyclic) bond motifs is 1. The molecule has 8 nitrogen and oxygen atoms in total. The van der Waals surface area contributed by atoms with Crippen molar-refractivity contribution in [3.8, 4) is 17.2 Å². The molecule has 0 aliphatic carbocycles. The van der Waals surface area contributed by atoms with E-state index in [1.807, 2.05) is 12.1 Å². The number of hydrogen-bond donors (Lipinski definition) is 1. The zero-order valence-electron chi connectivity index (χ0n) is 13.9. The SMILES string of the molecule is O=[N+]([O-])c1cc(Br)cc(C=Nc2c(-c3ccco3)nc3ccc(Br)cn23)c1O. The van der Waals surface area contributed by atoms with Gasteiger partial charge in [-0.25, -0.2) is 9.98 Å². The molecule has 0 unspecified atom stereocenters. The number of halogens is 2. The van der Waals surface area contributed by atoms with Gasteiger partial charge in [-0.1, -0.05) is 15.9 Å². The van der Waals surface area contributed by atoms with Gasteiger partial charge in [0.25, 0.3) is 0 Å². The van der Waals surface area contributed by atoms with Crippen LogP contribution in [0.1, 0.15) is 5.56 Å². The van der Waals surface area contributed by atoms with Crippen molar-refractivity contribution < 1.29 is 14.4 Å². The third kappa shape index (κ3) is 3.32. The maximum absolute atomic E-state index is 11.1. The minimum absolute atomic E-state index is 0.191. The highest BCUT2D eigenvalue weighted by molar-refractivity contribution is 9.10. The first-order chi connectivity index (χ1) is 13.4. The summed E-state index contributed by atoms with van der Waals surface area (Å²) in [6, 6.07) is 9.94. The molecule has 0 amide bonds. The standard InChI is InChI=1S/C18H10Br2N4O4/c19-11-3-4-15-22-16(14-2-1-5-28-14)18(23(15)9-11)21-8-10-6-12(20)7-13(17(10)25)24(26)27/h1-9,25H. The summed E-state index contributed by atoms with van der Waals surface area (Å²) in [5.74, 6) is 0.510. The zero-order chi connectivity index (χ0) is 19.8. The van der Waals surface area contributed by atoms with Gasteiger partial charge in [0.15, 0.2) is 17.3 Å². The molecule has 0 bridgehead atoms. The molecule has 1 N–H and O–H groups in total. The smallest absolute Gasteiger partial charge is 0.312 e. The number of phenols is 1. The molecule has 0 aliphatic rings. The molecule has 0 spiro atoms. The lowest BCUT2D eigenvalue weighted by molar-refractivity contribution is -0.385. The van der Waals surface area contributed by atoms with E-state index in [0.29, 0.717) is 27.4 Å². The summed E-state index contributed by atoms with van der Waals surface area (Å²) in [5.41, 5.74) is 0.925. The van der Waals surface area contributed by atoms with E-state index in [1.54, 1.807) is 22.7 Å². The van der Waals surface area contributed by atoms with Crippen LogP contribution in [0, 0.1) is 10.1 Å². The predicted octanol–water partition coefficient (Wildman–Crippen LogP) is 5.48. The van der Waals surface area contributed by atoms with E-state index in [4.69, 9.17) is 4.42 Å². The van der Waals surface area contributed by atoms with E-state index in [1.165, 1.54) is 24.6 Å². The second kappa shape index (κ2) is 7.21. The van der Waals surface area contributed by atoms with Gasteiger partial charge < -0.3 is 9.52 Å². The molecule has 0 radical (unpaired) electrons. The van der Waals surface area contributed by atoms with E-state index in [2.05, 4.69) is 41.8 Å². The Morgan fingerprint density at radius 1 is 1.25 bits per heavy atom. The highest BCUT2D eigenvalue weighted by Crippen LogP contribution is 2.35. The number of benzene rings is 1. The summed E-state index contributed by atoms with van der Waals surface area (Å²) in [7, 11) is 0. The Hall–Kier alpha value is -2.98. The third-order valence-corrected chi connectivity index (χ3v) is 4.85. The van der Waals surface area contributed by atoms with Crippen molar-refractivity contribution in [1.82, 2.24) is 9.38 Å². The fourth-order valence-corrected chi connectivity index (χ4v) is 3.48. The van der Waals surface area contributed by atoms with Crippen LogP contribution in [0.5, 0.6) is 5.75 Å². The highest BCUT2D eigenvalue weighted by Gasteiger charge is 2.19. The minimum atomic E-state index is -0.656. The second-order valence-corrected chi connectivity index (χ2v) is 7.55. The first kappa shape index (κ1) is 18.4. The molecular formula is C18H10Br2N4O4. The number of rotatable bonds is 4. The molecule has 3 heterocycles. The molecule has 1 aromatic carbocycles. The van der Waals surface area contributed by atoms with Gasteiger partial charge in [0.05, 0.1) is 11.2 Å². The molecule has 28 heavy (non-hydrogen) atoms. The molecule has 0 fully saturated rings. The quantitative estimate of drug-likeness (QED) is 0.224. The summed E-state index contributed by atoms with van der Waals surface area (Å²) in [6.45, 7) is 0. The molecule has 4 rings (SSSR count). The number of furan rings is 1. The number of pyridine rings is 1. The summed E-state index contributed by atoms with van der Waals surface area (Å²) in [4.78, 5) is 19.5. The summed E-state index contributed by atoms with van der Waals surface area (Å²) >= 11 is 6.64. The lowest BCUT2D eigenvalue weighted by Crippen LogP contribution is -1.93. The first-order valence-electron chi connectivity index (χ1n) is 7.86. The Bertz CT molecular complexity index is 1230. The molecule has 3 aromatic heterocycles. The predicted molar refractivity (Wildman–Crippen MR) is 110 cm³/mol. The van der Waals surface area contributed by atoms with Crippen LogP contribution in [0.2, 0.25) is 0 Å². The van der Waals surface area contributed by atoms with E-state index in [0.717, 1.165) is 4.47 Å². The zero-order valence-corrected chi connectivity index (χ0v) is 17.1. The number of phenolic OH excluding ortho intramolecular Hbond substituents is 1. The number of nitrogens with zero attached hydrogens (tertiary/aromatic N) is 4. The molecule has 140 valence electrons. The van der Waals surface area contributed by atoms with Gasteiger partial charge in [-0.05, 0) is 46.3 Å². The van der Waals surface area contributed by atoms with Crippen molar-refractivity contribution >= 4 is 55.2 Å². The summed E-state index contributed by atoms with van der Waals surface area (Å²) in [5, 5.41) is 21.4. The van der Waals surface area contributed by atoms with Crippen molar-refractivity contribution in [2.24, 2.45) is 4.99 Å². The molecule has 10 heteroatoms. The number of aliphatic imine (C=N–C) groups is 1. The van der Waals surface area contributed by atoms with Crippen LogP contribution in [0.4, 0.5) is 11.5 Å². The fraction of sp³-hybridized carbons (Fsp3) is 0. The maximum Gasteiger partial charge on any atom is 0.312 e. The van der Waals surface area contributed by atoms with Crippen LogP contribution >= 0.6 is 31.9 Å². The minimum Gasteiger partial charge on any atom is -0.502 e. The Balaban J connectivity index is 1.90. The van der Waals surface area contributed by atoms with Crippen LogP contribution in [-0.2, 0) is 0 Å². The summed E-state index contributed by atoms with van der Waals surface area (Å²) < 4.78 is 8.48. The number of imidazole rings is 1. The average molecular weight is 506 g/mol. The first-order valence-corrected chi connectivity index (χ1v) is 9.45. The Morgan fingerprint density at radius 3 is 2.79 bits per heavy atom. The lowest BCUT2D eigenvalue weighted by atomic mass is 10.2. The van der Waals surface area contributed by atoms with Crippen LogP contribution in [-0.4, -0.2) is 25.6 Å². The molecule has 0 saturated heterocycles. The van der Waals surface area contributed by atoms with Crippen LogP contribution in [0.25, 0.3) is 17.1 Å². The van der Waals surface area contributed by atoms with Gasteiger partial charge in [0.2, 0.25) is 5.75 Å². The number of nitro groups is 1. The van der Waals surface area contributed by atoms with Crippen molar-refractivity contribution in [2.45, 2.75) is 0 Å². The Morgan fingerprint density at radius 2 is 2.07 bits per heavy atom. The van der Waals surface area contributed by atoms with E-state index < -0.39 is 16.4 Å². The maximum atomic E-state index is 11.1. The monoisotopic (exact) mass is 504 g/mol. The van der Waals surface area contributed by atoms with Gasteiger partial charge in [-0.2, -0.15) is 0 Å². The van der Waals surface area contributed by atoms with Gasteiger partial charge >= 0.3 is 5.69 Å². The van der Waals surface area contributed by atoms with Gasteiger partial charge in [-0.15, -0.1) is 0 Å². The highest BCUT2D eigenvalue weighted by atomic mass is 79.9. The lowest BCUT2D eigenvalue weighted by Gasteiger charge is -2.02. The van der Waals surface area contributed by atoms with Gasteiger partial charge in [0.1, 0.15) is 5.65 Å². The van der Waals surface area contributed by atoms with Gasteiger partial charge in [-0.3, -0.25) is 14.5 Å². The third-order valence-electron chi connectivity index (χ3n) is 3.92. The normalized spacial score (nSPS) is 11.5. The van der Waals surface area contributed by atoms with Gasteiger partial charge in [0, 0.05) is 33.0 Å². The van der Waals surface area contributed by atoms with E-state index in [9.17, 15) is 15.2 Å². The Labute approximate surface area is 174 Å². The molecule has 0 atom stereocenters. The molecule has 4 aromatic rings. The average Bonchev–Trinajstić information content (AvgIpc) is 3.29. The van der Waals surface area contributed by atoms with Crippen molar-refractivity contribution in [3.05, 3.63) is 73.5 Å². The van der Waals surface area contributed by atoms with Crippen LogP contribution in [0.3, 0.4) is 0 Å². The number of aromatic hydroxyl groups is 1. The molecule has 0 aliphatic heterocycles. The van der Waals surface area contributed by atoms with E-state index in [-0.39, 0.29) is 5.56 Å². The van der Waals surface area contributed by atoms with Crippen LogP contribution < -0.4 is 0 Å². The number of hydrogen-bond acceptors (Lipinski definition) is 6. The number of aromatic nitrogens is 2. The van der Waals surface area contributed by atoms with Crippen molar-refractivity contribution in [3.63, 3.8) is 0 Å². The van der Waals surface area contributed by atoms with Crippen molar-refractivity contribution in [2.75, 3.05) is 0 Å². The number of nitro benzene ring substituents is 1. The fourth-order valence-electron chi connectivity index (χ4n) is 2.68. The van der Waals surface area contributed by atoms with E-state index >= 15 is 0 Å². The molecular weight excluding hydrogens is 496 g/mol. The molecule has 0 saturated carbocycles. The Kier molecular flexibility index (Phi) is 4.73. The largest absolute Gasteiger partial charge is 0.502 e. The summed E-state index contributed by atoms with van der Waals surface area (Å²) in [6.07, 6.45) is 4.68. The topological polar surface area (TPSA) is 106 Å².